The maximum Gasteiger partial charge on any atom is 0.399 e. The zero-order valence-electron chi connectivity index (χ0n) is 14.5. The van der Waals surface area contributed by atoms with E-state index < -0.39 is 51.3 Å². The van der Waals surface area contributed by atoms with Crippen molar-refractivity contribution in [3.8, 4) is 0 Å². The minimum Gasteiger partial charge on any atom is -0.469 e. The van der Waals surface area contributed by atoms with Gasteiger partial charge in [-0.3, -0.25) is 9.59 Å². The number of halogens is 3. The Labute approximate surface area is 138 Å². The molecule has 4 nitrogen and oxygen atoms in total. The van der Waals surface area contributed by atoms with Gasteiger partial charge >= 0.3 is 12.1 Å². The number of esters is 1. The van der Waals surface area contributed by atoms with E-state index in [1.807, 2.05) is 0 Å². The maximum absolute atomic E-state index is 14.3. The quantitative estimate of drug-likeness (QED) is 0.570. The molecule has 2 aliphatic heterocycles. The summed E-state index contributed by atoms with van der Waals surface area (Å²) >= 11 is 0. The molecule has 0 aromatic heterocycles. The maximum atomic E-state index is 14.3. The number of ketones is 1. The van der Waals surface area contributed by atoms with Crippen LogP contribution in [0.5, 0.6) is 0 Å². The molecule has 0 aromatic carbocycles. The third-order valence-corrected chi connectivity index (χ3v) is 6.04. The summed E-state index contributed by atoms with van der Waals surface area (Å²) in [5, 5.41) is 0. The van der Waals surface area contributed by atoms with E-state index >= 15 is 0 Å². The summed E-state index contributed by atoms with van der Waals surface area (Å²) in [6.07, 6.45) is -1.98. The van der Waals surface area contributed by atoms with Crippen molar-refractivity contribution < 1.29 is 32.2 Å². The molecule has 0 spiro atoms. The lowest BCUT2D eigenvalue weighted by molar-refractivity contribution is -0.232. The topological polar surface area (TPSA) is 52.6 Å². The molecule has 24 heavy (non-hydrogen) atoms. The number of carbonyl (C=O) groups excluding carboxylic acids is 2. The first-order chi connectivity index (χ1) is 10.7. The molecule has 1 saturated carbocycles. The first-order valence-electron chi connectivity index (χ1n) is 7.77. The molecule has 2 bridgehead atoms. The van der Waals surface area contributed by atoms with E-state index in [0.717, 1.165) is 7.11 Å². The van der Waals surface area contributed by atoms with Crippen LogP contribution in [0.4, 0.5) is 13.2 Å². The van der Waals surface area contributed by atoms with Crippen molar-refractivity contribution in [3.63, 3.8) is 0 Å². The summed E-state index contributed by atoms with van der Waals surface area (Å²) in [5.74, 6) is -3.26. The van der Waals surface area contributed by atoms with Crippen molar-refractivity contribution in [2.45, 2.75) is 52.0 Å². The van der Waals surface area contributed by atoms with E-state index in [4.69, 9.17) is 4.74 Å². The van der Waals surface area contributed by atoms with Crippen molar-refractivity contribution in [1.29, 1.82) is 0 Å². The highest BCUT2D eigenvalue weighted by Crippen LogP contribution is 2.91. The van der Waals surface area contributed by atoms with Crippen molar-refractivity contribution in [2.75, 3.05) is 7.11 Å². The molecule has 0 amide bonds. The van der Waals surface area contributed by atoms with Gasteiger partial charge in [-0.05, 0) is 13.8 Å². The fourth-order valence-corrected chi connectivity index (χ4v) is 5.35. The van der Waals surface area contributed by atoms with Gasteiger partial charge in [-0.15, -0.1) is 0 Å². The number of rotatable bonds is 2. The molecule has 0 aromatic rings. The number of fused-ring (bicyclic) bond motifs is 5. The van der Waals surface area contributed by atoms with Crippen molar-refractivity contribution >= 4 is 11.8 Å². The molecule has 1 aliphatic carbocycles. The lowest BCUT2D eigenvalue weighted by Crippen LogP contribution is -2.50. The molecule has 2 fully saturated rings. The number of methoxy groups -OCH3 is 1. The molecule has 2 heterocycles. The van der Waals surface area contributed by atoms with Gasteiger partial charge in [-0.25, -0.2) is 0 Å². The second kappa shape index (κ2) is 4.06. The van der Waals surface area contributed by atoms with Gasteiger partial charge < -0.3 is 9.47 Å². The van der Waals surface area contributed by atoms with E-state index in [-0.39, 0.29) is 0 Å². The first kappa shape index (κ1) is 17.5. The zero-order chi connectivity index (χ0) is 18.6. The smallest absolute Gasteiger partial charge is 0.399 e. The number of hydrogen-bond acceptors (Lipinski definition) is 4. The van der Waals surface area contributed by atoms with Crippen LogP contribution >= 0.6 is 0 Å². The Hall–Kier alpha value is -1.37. The molecule has 3 rings (SSSR count). The van der Waals surface area contributed by atoms with Crippen LogP contribution in [0.15, 0.2) is 12.2 Å². The van der Waals surface area contributed by atoms with E-state index in [2.05, 4.69) is 4.74 Å². The number of alkyl halides is 3. The molecule has 7 heteroatoms. The Balaban J connectivity index is 2.36. The van der Waals surface area contributed by atoms with Gasteiger partial charge in [0.25, 0.3) is 0 Å². The van der Waals surface area contributed by atoms with E-state index in [1.54, 1.807) is 20.8 Å². The predicted molar refractivity (Wildman–Crippen MR) is 77.9 cm³/mol. The highest BCUT2D eigenvalue weighted by molar-refractivity contribution is 6.04. The van der Waals surface area contributed by atoms with Crippen molar-refractivity contribution in [3.05, 3.63) is 12.2 Å². The molecule has 0 N–H and O–H groups in total. The van der Waals surface area contributed by atoms with Crippen LogP contribution in [0.1, 0.15) is 34.6 Å². The Kier molecular flexibility index (Phi) is 2.95. The zero-order valence-corrected chi connectivity index (χ0v) is 14.5. The Morgan fingerprint density at radius 2 is 1.58 bits per heavy atom. The average molecular weight is 346 g/mol. The lowest BCUT2D eigenvalue weighted by atomic mass is 9.65. The number of Topliss-reactive ketones (excluding diaryl/α,β-unsaturated/α-hetero) is 1. The van der Waals surface area contributed by atoms with Gasteiger partial charge in [0.05, 0.1) is 24.0 Å². The van der Waals surface area contributed by atoms with Gasteiger partial charge in [0.1, 0.15) is 16.8 Å². The van der Waals surface area contributed by atoms with Gasteiger partial charge in [0, 0.05) is 5.41 Å². The summed E-state index contributed by atoms with van der Waals surface area (Å²) < 4.78 is 53.4. The number of carbonyl (C=O) groups is 2. The Bertz CT molecular complexity index is 676. The van der Waals surface area contributed by atoms with Crippen LogP contribution in [0.25, 0.3) is 0 Å². The van der Waals surface area contributed by atoms with Crippen LogP contribution in [0.2, 0.25) is 0 Å². The summed E-state index contributed by atoms with van der Waals surface area (Å²) in [6, 6.07) is 0. The number of hydrogen-bond donors (Lipinski definition) is 0. The van der Waals surface area contributed by atoms with Crippen LogP contribution in [0.3, 0.4) is 0 Å². The van der Waals surface area contributed by atoms with E-state index in [1.165, 1.54) is 26.0 Å². The Morgan fingerprint density at radius 1 is 1.08 bits per heavy atom. The third kappa shape index (κ3) is 1.39. The third-order valence-electron chi connectivity index (χ3n) is 6.04. The molecule has 0 radical (unpaired) electrons. The van der Waals surface area contributed by atoms with Gasteiger partial charge in [-0.1, -0.05) is 32.9 Å². The molecule has 3 aliphatic rings. The molecule has 5 atom stereocenters. The minimum absolute atomic E-state index is 0.627. The summed E-state index contributed by atoms with van der Waals surface area (Å²) in [5.41, 5.74) is -8.96. The number of ether oxygens (including phenoxy) is 2. The predicted octanol–water partition coefficient (Wildman–Crippen LogP) is 3.06. The highest BCUT2D eigenvalue weighted by Gasteiger charge is 3.05. The summed E-state index contributed by atoms with van der Waals surface area (Å²) in [6.45, 7) is 7.41. The lowest BCUT2D eigenvalue weighted by Gasteiger charge is -2.35. The second-order valence-electron chi connectivity index (χ2n) is 8.30. The average Bonchev–Trinajstić information content (AvgIpc) is 2.95. The van der Waals surface area contributed by atoms with Crippen LogP contribution in [0, 0.1) is 22.2 Å². The van der Waals surface area contributed by atoms with Crippen LogP contribution in [-0.4, -0.2) is 36.2 Å². The highest BCUT2D eigenvalue weighted by atomic mass is 19.4. The van der Waals surface area contributed by atoms with Gasteiger partial charge in [0.15, 0.2) is 0 Å². The van der Waals surface area contributed by atoms with Crippen molar-refractivity contribution in [1.82, 2.24) is 0 Å². The molecule has 1 saturated heterocycles. The Morgan fingerprint density at radius 3 is 2.00 bits per heavy atom. The van der Waals surface area contributed by atoms with Crippen molar-refractivity contribution in [2.24, 2.45) is 22.2 Å². The SMILES string of the molecule is COC(=O)[C@@H]1[C@]2(C(=O)C(C)(C)C)[C@@]1(C(F)(F)F)[C@@]1(C)C=C[C@]2(C)O1. The van der Waals surface area contributed by atoms with Gasteiger partial charge in [-0.2, -0.15) is 13.2 Å². The van der Waals surface area contributed by atoms with Gasteiger partial charge in [0.2, 0.25) is 0 Å². The van der Waals surface area contributed by atoms with Crippen LogP contribution < -0.4 is 0 Å². The molecular formula is C17H21F3O4. The molecular weight excluding hydrogens is 325 g/mol. The summed E-state index contributed by atoms with van der Waals surface area (Å²) in [7, 11) is 1.04. The first-order valence-corrected chi connectivity index (χ1v) is 7.77. The summed E-state index contributed by atoms with van der Waals surface area (Å²) in [4.78, 5) is 25.6. The molecule has 134 valence electrons. The van der Waals surface area contributed by atoms with E-state index in [9.17, 15) is 22.8 Å². The minimum atomic E-state index is -4.80. The monoisotopic (exact) mass is 346 g/mol. The fraction of sp³-hybridized carbons (Fsp3) is 0.765. The normalized spacial score (nSPS) is 46.0. The second-order valence-corrected chi connectivity index (χ2v) is 8.30. The fourth-order valence-electron chi connectivity index (χ4n) is 5.35. The van der Waals surface area contributed by atoms with Crippen LogP contribution in [-0.2, 0) is 19.1 Å². The standard InChI is InChI=1S/C17H21F3O4/c1-12(2,3)11(22)15-9(10(21)23-6)16(15,17(18,19)20)14(5)8-7-13(15,4)24-14/h7-9H,1-6H3/t9-,13+,14-,15-,16+/m1/s1. The largest absolute Gasteiger partial charge is 0.469 e. The molecule has 0 unspecified atom stereocenters. The van der Waals surface area contributed by atoms with E-state index in [0.29, 0.717) is 0 Å².